The molecule has 0 unspecified atom stereocenters. The van der Waals surface area contributed by atoms with Gasteiger partial charge in [-0.15, -0.1) is 240 Å². The van der Waals surface area contributed by atoms with E-state index >= 15 is 0 Å². The molecule has 38 nitrogen and oxygen atoms in total. The van der Waals surface area contributed by atoms with E-state index in [0.717, 1.165) is 0 Å². The van der Waals surface area contributed by atoms with E-state index in [1.54, 1.807) is 0 Å². The van der Waals surface area contributed by atoms with Crippen molar-refractivity contribution in [3.8, 4) is 0 Å². The minimum Gasteiger partial charge on any atom is -0.907 e. The van der Waals surface area contributed by atoms with Crippen molar-refractivity contribution in [1.29, 1.82) is 0 Å². The van der Waals surface area contributed by atoms with Gasteiger partial charge in [0.25, 0.3) is 0 Å². The van der Waals surface area contributed by atoms with Crippen LogP contribution in [0.5, 0.6) is 0 Å². The van der Waals surface area contributed by atoms with E-state index in [9.17, 15) is 0 Å². The Bertz CT molecular complexity index is 284. The minimum absolute atomic E-state index is 0. The average molecular weight is 2040 g/mol. The van der Waals surface area contributed by atoms with Gasteiger partial charge in [-0.05, 0) is 0 Å². The van der Waals surface area contributed by atoms with Crippen molar-refractivity contribution in [2.45, 2.75) is 0 Å². The first-order valence-electron chi connectivity index (χ1n) is 8.49. The molecule has 0 bridgehead atoms. The average Bonchev–Trinajstić information content (AvgIpc) is 2.61. The van der Waals surface area contributed by atoms with E-state index in [1.807, 2.05) is 0 Å². The molecule has 0 rings (SSSR count). The van der Waals surface area contributed by atoms with Crippen LogP contribution in [0.2, 0.25) is 0 Å². The summed E-state index contributed by atoms with van der Waals surface area (Å²) in [4.78, 5) is 0. The van der Waals surface area contributed by atoms with Crippen molar-refractivity contribution < 1.29 is 210 Å². The SMILES string of the molecule is I.I.I.I.I.I.I.I.I.I.N.N.[Na+].[O-]B([O-])[O-].[O-]B([O-])[O-].[O-]B([O-])[O-].[O-]B([O-])[O-].[O-]B([O-])[O-].[O-]B([O-])[O-].[O-]B([O-])[O-].[O-]B([O-])[O-].[O-]B([O-])[O-].[O-]B([O-])[O-].[O-]B([O-])[O-].[O-]B([O-])[O-]. The van der Waals surface area contributed by atoms with Gasteiger partial charge in [-0.1, -0.05) is 0 Å². The quantitative estimate of drug-likeness (QED) is 0.168. The molecule has 0 atom stereocenters. The van der Waals surface area contributed by atoms with E-state index in [2.05, 4.69) is 0 Å². The van der Waals surface area contributed by atoms with Crippen LogP contribution in [-0.2, 0) is 0 Å². The molecule has 0 saturated carbocycles. The Balaban J connectivity index is -0.00000000989. The molecular formula is H16B12I10N2NaO36-35. The summed E-state index contributed by atoms with van der Waals surface area (Å²) in [6.45, 7) is 0. The van der Waals surface area contributed by atoms with Crippen LogP contribution in [-0.4, -0.2) is 87.9 Å². The van der Waals surface area contributed by atoms with Crippen LogP contribution in [0.4, 0.5) is 0 Å². The largest absolute Gasteiger partial charge is 1.00 e. The first-order valence-corrected chi connectivity index (χ1v) is 8.49. The molecule has 6 N–H and O–H groups in total. The molecule has 0 radical (unpaired) electrons. The molecule has 0 aromatic carbocycles. The Hall–Kier alpha value is 7.56. The number of halogens is 10. The molecular weight excluding hydrogens is 2030 g/mol. The Morgan fingerprint density at radius 2 is 0.115 bits per heavy atom. The fraction of sp³-hybridized carbons (Fsp3) is 0. The summed E-state index contributed by atoms with van der Waals surface area (Å²) in [6.07, 6.45) is 0. The van der Waals surface area contributed by atoms with E-state index in [4.69, 9.17) is 181 Å². The zero-order chi connectivity index (χ0) is 42.9. The molecule has 0 amide bonds. The van der Waals surface area contributed by atoms with Crippen LogP contribution >= 0.6 is 240 Å². The molecule has 0 aromatic heterocycles. The fourth-order valence-electron chi connectivity index (χ4n) is 0. The third kappa shape index (κ3) is 5080. The molecule has 0 aromatic rings. The van der Waals surface area contributed by atoms with Crippen molar-refractivity contribution in [2.24, 2.45) is 0 Å². The van der Waals surface area contributed by atoms with Gasteiger partial charge in [0.1, 0.15) is 0 Å². The van der Waals surface area contributed by atoms with Crippen LogP contribution < -0.4 is 223 Å². The molecule has 0 saturated heterocycles. The second kappa shape index (κ2) is 158. The summed E-state index contributed by atoms with van der Waals surface area (Å²) >= 11 is 0. The summed E-state index contributed by atoms with van der Waals surface area (Å²) in [5.74, 6) is 0. The Morgan fingerprint density at radius 3 is 0.115 bits per heavy atom. The fourth-order valence-corrected chi connectivity index (χ4v) is 0. The standard InChI is InChI=1S/12BO3.10HI.2H3N.Na/c12*2-1(3)4;;;;;;;;;;;;;/h;;;;;;;;;;;;10*1H;2*1H3;/q12*-3;;;;;;;;;;;;;+1. The van der Waals surface area contributed by atoms with Crippen LogP contribution in [0.1, 0.15) is 0 Å². The van der Waals surface area contributed by atoms with Gasteiger partial charge in [-0.3, -0.25) is 87.9 Å². The summed E-state index contributed by atoms with van der Waals surface area (Å²) in [5, 5.41) is 303. The maximum Gasteiger partial charge on any atom is 1.00 e. The molecule has 0 heterocycles. The second-order valence-electron chi connectivity index (χ2n) is 3.46. The van der Waals surface area contributed by atoms with Crippen LogP contribution in [0.25, 0.3) is 0 Å². The number of rotatable bonds is 0. The topological polar surface area (TPSA) is 900 Å². The smallest absolute Gasteiger partial charge is 0.907 e. The summed E-state index contributed by atoms with van der Waals surface area (Å²) in [6, 6.07) is 0. The second-order valence-corrected chi connectivity index (χ2v) is 3.46. The van der Waals surface area contributed by atoms with Crippen molar-refractivity contribution in [2.75, 3.05) is 0 Å². The predicted octanol–water partition coefficient (Wildman–Crippen LogP) is -43.9. The summed E-state index contributed by atoms with van der Waals surface area (Å²) in [7, 11) is -35.0. The van der Waals surface area contributed by atoms with Gasteiger partial charge in [0.2, 0.25) is 0 Å². The maximum atomic E-state index is 8.42. The van der Waals surface area contributed by atoms with Gasteiger partial charge < -0.3 is 193 Å². The van der Waals surface area contributed by atoms with Crippen molar-refractivity contribution in [3.63, 3.8) is 0 Å². The van der Waals surface area contributed by atoms with E-state index in [1.165, 1.54) is 0 Å². The van der Waals surface area contributed by atoms with Gasteiger partial charge in [0, 0.05) is 0 Å². The molecule has 0 aliphatic rings. The molecule has 384 valence electrons. The monoisotopic (exact) mass is 2040 g/mol. The normalized spacial score (nSPS) is 5.31. The Kier molecular flexibility index (Phi) is 426. The molecule has 0 aliphatic carbocycles. The van der Waals surface area contributed by atoms with E-state index in [-0.39, 0.29) is 282 Å². The van der Waals surface area contributed by atoms with E-state index in [0.29, 0.717) is 0 Å². The van der Waals surface area contributed by atoms with Crippen molar-refractivity contribution >= 4 is 328 Å². The molecule has 0 aliphatic heterocycles. The van der Waals surface area contributed by atoms with Gasteiger partial charge >= 0.3 is 29.6 Å². The molecule has 0 spiro atoms. The van der Waals surface area contributed by atoms with Crippen molar-refractivity contribution in [1.82, 2.24) is 12.3 Å². The number of hydrogen-bond donors (Lipinski definition) is 2. The van der Waals surface area contributed by atoms with Crippen LogP contribution in [0.3, 0.4) is 0 Å². The van der Waals surface area contributed by atoms with Crippen LogP contribution in [0.15, 0.2) is 0 Å². The predicted molar refractivity (Wildman–Crippen MR) is 233 cm³/mol. The first kappa shape index (κ1) is 165. The van der Waals surface area contributed by atoms with Gasteiger partial charge in [0.15, 0.2) is 0 Å². The summed E-state index contributed by atoms with van der Waals surface area (Å²) < 4.78 is 0. The van der Waals surface area contributed by atoms with Crippen LogP contribution in [0, 0.1) is 0 Å². The zero-order valence-electron chi connectivity index (χ0n) is 28.1. The minimum atomic E-state index is -2.92. The van der Waals surface area contributed by atoms with E-state index < -0.39 is 87.9 Å². The van der Waals surface area contributed by atoms with Crippen molar-refractivity contribution in [3.05, 3.63) is 0 Å². The van der Waals surface area contributed by atoms with Gasteiger partial charge in [0.05, 0.1) is 0 Å². The molecule has 61 heteroatoms. The zero-order valence-corrected chi connectivity index (χ0v) is 53.4. The molecule has 61 heavy (non-hydrogen) atoms. The molecule has 0 fully saturated rings. The Labute approximate surface area is 541 Å². The van der Waals surface area contributed by atoms with Gasteiger partial charge in [-0.2, -0.15) is 0 Å². The third-order valence-electron chi connectivity index (χ3n) is 0. The summed E-state index contributed by atoms with van der Waals surface area (Å²) in [5.41, 5.74) is 0. The first-order chi connectivity index (χ1) is 20.8. The maximum absolute atomic E-state index is 8.42. The Morgan fingerprint density at radius 1 is 0.115 bits per heavy atom. The number of hydrogen-bond acceptors (Lipinski definition) is 38. The van der Waals surface area contributed by atoms with Gasteiger partial charge in [-0.25, -0.2) is 0 Å². The third-order valence-corrected chi connectivity index (χ3v) is 0.